The molecule has 1 aromatic heterocycles. The monoisotopic (exact) mass is 776 g/mol. The van der Waals surface area contributed by atoms with Crippen molar-refractivity contribution in [1.29, 1.82) is 0 Å². The number of fused-ring (bicyclic) bond motifs is 6. The molecule has 0 amide bonds. The van der Waals surface area contributed by atoms with E-state index in [2.05, 4.69) is 200 Å². The van der Waals surface area contributed by atoms with E-state index in [0.29, 0.717) is 0 Å². The molecule has 0 aliphatic carbocycles. The van der Waals surface area contributed by atoms with E-state index >= 15 is 0 Å². The Kier molecular flexibility index (Phi) is 7.69. The summed E-state index contributed by atoms with van der Waals surface area (Å²) in [7, 11) is 0. The fraction of sp³-hybridized carbons (Fsp3) is 0. The molecule has 1 heterocycles. The zero-order valence-electron chi connectivity index (χ0n) is 28.3. The van der Waals surface area contributed by atoms with E-state index in [9.17, 15) is 0 Å². The summed E-state index contributed by atoms with van der Waals surface area (Å²) < 4.78 is 10.8. The quantitative estimate of drug-likeness (QED) is 0.153. The van der Waals surface area contributed by atoms with E-state index in [-0.39, 0.29) is 0 Å². The summed E-state index contributed by atoms with van der Waals surface area (Å²) in [5, 5.41) is 7.31. The molecular weight excluding hydrogens is 743 g/mol. The fourth-order valence-electron chi connectivity index (χ4n) is 7.42. The molecule has 0 spiro atoms. The first-order valence-corrected chi connectivity index (χ1v) is 20.9. The molecule has 1 nitrogen and oxygen atoms in total. The number of hydrogen-bond donors (Lipinski definition) is 0. The molecule has 10 rings (SSSR count). The van der Waals surface area contributed by atoms with Crippen LogP contribution in [-0.4, -0.2) is 0 Å². The molecule has 0 N–H and O–H groups in total. The van der Waals surface area contributed by atoms with Crippen molar-refractivity contribution in [2.45, 2.75) is 0 Å². The van der Waals surface area contributed by atoms with Crippen LogP contribution in [0.15, 0.2) is 205 Å². The second-order valence-corrected chi connectivity index (χ2v) is 18.4. The van der Waals surface area contributed by atoms with Gasteiger partial charge in [-0.05, 0) is 0 Å². The Balaban J connectivity index is 1.02. The summed E-state index contributed by atoms with van der Waals surface area (Å²) in [6.07, 6.45) is 0. The number of hydrogen-bond acceptors (Lipinski definition) is 1. The van der Waals surface area contributed by atoms with Crippen LogP contribution in [0.5, 0.6) is 0 Å². The van der Waals surface area contributed by atoms with Crippen molar-refractivity contribution in [3.8, 4) is 33.4 Å². The first-order chi connectivity index (χ1) is 25.8. The number of benzene rings is 9. The average Bonchev–Trinajstić information content (AvgIpc) is 3.61. The fourth-order valence-corrected chi connectivity index (χ4v) is 13.3. The second kappa shape index (κ2) is 13.0. The number of furan rings is 1. The third-order valence-corrected chi connectivity index (χ3v) is 16.1. The van der Waals surface area contributed by atoms with Crippen molar-refractivity contribution in [2.24, 2.45) is 0 Å². The first-order valence-electron chi connectivity index (χ1n) is 17.6. The van der Waals surface area contributed by atoms with Gasteiger partial charge in [0.1, 0.15) is 0 Å². The Hall–Kier alpha value is -5.97. The first kappa shape index (κ1) is 30.8. The minimum absolute atomic E-state index is 0.923. The van der Waals surface area contributed by atoms with Crippen LogP contribution in [0.1, 0.15) is 0 Å². The van der Waals surface area contributed by atoms with Crippen molar-refractivity contribution in [2.75, 3.05) is 0 Å². The molecule has 0 atom stereocenters. The van der Waals surface area contributed by atoms with Crippen LogP contribution in [-0.2, 0) is 0 Å². The van der Waals surface area contributed by atoms with Gasteiger partial charge in [0.2, 0.25) is 0 Å². The molecule has 0 radical (unpaired) electrons. The van der Waals surface area contributed by atoms with Gasteiger partial charge in [0.15, 0.2) is 0 Å². The Morgan fingerprint density at radius 1 is 0.308 bits per heavy atom. The molecule has 0 aliphatic rings. The SMILES string of the molecule is c1ccc(-c2ccc(-c3ccc(I(c4ccc(-c5ccc6c(c5)oc5c7ccccc7ccc65)cc4)c4cccc5ccccc45)cc3)cc2)cc1. The zero-order valence-corrected chi connectivity index (χ0v) is 30.5. The molecule has 10 aromatic rings. The third-order valence-electron chi connectivity index (χ3n) is 10.1. The summed E-state index contributed by atoms with van der Waals surface area (Å²) >= 11 is -2.09. The van der Waals surface area contributed by atoms with Crippen LogP contribution in [0.4, 0.5) is 0 Å². The Morgan fingerprint density at radius 2 is 0.788 bits per heavy atom. The molecule has 0 bridgehead atoms. The summed E-state index contributed by atoms with van der Waals surface area (Å²) in [5.41, 5.74) is 9.18. The molecule has 246 valence electrons. The van der Waals surface area contributed by atoms with Crippen molar-refractivity contribution in [3.63, 3.8) is 0 Å². The molecule has 2 heteroatoms. The molecule has 0 saturated heterocycles. The Morgan fingerprint density at radius 3 is 1.46 bits per heavy atom. The van der Waals surface area contributed by atoms with Crippen molar-refractivity contribution in [1.82, 2.24) is 0 Å². The summed E-state index contributed by atoms with van der Waals surface area (Å²) in [5.74, 6) is 0. The number of rotatable bonds is 6. The normalized spacial score (nSPS) is 11.8. The van der Waals surface area contributed by atoms with Crippen LogP contribution >= 0.6 is 19.8 Å². The molecule has 0 fully saturated rings. The van der Waals surface area contributed by atoms with E-state index in [1.165, 1.54) is 54.7 Å². The molecule has 0 aliphatic heterocycles. The van der Waals surface area contributed by atoms with Gasteiger partial charge in [-0.3, -0.25) is 0 Å². The van der Waals surface area contributed by atoms with E-state index in [4.69, 9.17) is 4.42 Å². The molecule has 0 saturated carbocycles. The number of halogens is 1. The summed E-state index contributed by atoms with van der Waals surface area (Å²) in [6.45, 7) is 0. The molecule has 52 heavy (non-hydrogen) atoms. The average molecular weight is 777 g/mol. The van der Waals surface area contributed by atoms with Gasteiger partial charge >= 0.3 is 306 Å². The Bertz CT molecular complexity index is 2860. The topological polar surface area (TPSA) is 13.1 Å². The van der Waals surface area contributed by atoms with Gasteiger partial charge in [0.25, 0.3) is 0 Å². The van der Waals surface area contributed by atoms with Gasteiger partial charge in [-0.25, -0.2) is 0 Å². The van der Waals surface area contributed by atoms with Crippen LogP contribution in [0.25, 0.3) is 76.9 Å². The van der Waals surface area contributed by atoms with Crippen molar-refractivity contribution >= 4 is 63.3 Å². The van der Waals surface area contributed by atoms with Crippen LogP contribution < -0.4 is 0 Å². The van der Waals surface area contributed by atoms with Gasteiger partial charge in [-0.15, -0.1) is 0 Å². The predicted octanol–water partition coefficient (Wildman–Crippen LogP) is 14.3. The van der Waals surface area contributed by atoms with Gasteiger partial charge in [0.05, 0.1) is 0 Å². The summed E-state index contributed by atoms with van der Waals surface area (Å²) in [6, 6.07) is 73.3. The molecule has 0 unspecified atom stereocenters. The summed E-state index contributed by atoms with van der Waals surface area (Å²) in [4.78, 5) is 0. The van der Waals surface area contributed by atoms with E-state index < -0.39 is 19.8 Å². The molecule has 9 aromatic carbocycles. The van der Waals surface area contributed by atoms with Gasteiger partial charge in [-0.2, -0.15) is 0 Å². The van der Waals surface area contributed by atoms with E-state index in [0.717, 1.165) is 32.9 Å². The van der Waals surface area contributed by atoms with Crippen molar-refractivity contribution in [3.05, 3.63) is 211 Å². The van der Waals surface area contributed by atoms with Gasteiger partial charge < -0.3 is 0 Å². The van der Waals surface area contributed by atoms with Crippen molar-refractivity contribution < 1.29 is 4.42 Å². The maximum absolute atomic E-state index is 6.52. The van der Waals surface area contributed by atoms with Gasteiger partial charge in [0, 0.05) is 0 Å². The van der Waals surface area contributed by atoms with Gasteiger partial charge in [-0.1, -0.05) is 6.07 Å². The Labute approximate surface area is 310 Å². The van der Waals surface area contributed by atoms with E-state index in [1.807, 2.05) is 0 Å². The van der Waals surface area contributed by atoms with Crippen LogP contribution in [0, 0.1) is 10.7 Å². The third kappa shape index (κ3) is 5.47. The van der Waals surface area contributed by atoms with Crippen LogP contribution in [0.3, 0.4) is 0 Å². The molecular formula is C50H33IO. The minimum atomic E-state index is -2.09. The van der Waals surface area contributed by atoms with Crippen LogP contribution in [0.2, 0.25) is 0 Å². The predicted molar refractivity (Wildman–Crippen MR) is 228 cm³/mol. The second-order valence-electron chi connectivity index (χ2n) is 13.2. The maximum atomic E-state index is 6.52. The van der Waals surface area contributed by atoms with E-state index in [1.54, 1.807) is 0 Å². The standard InChI is InChI=1S/C50H33IO/c1-2-9-34(10-3-1)35-17-19-36(20-18-35)37-21-27-42(28-22-37)51(48-16-8-13-39-11-4-6-14-44(39)48)43-29-23-38(24-30-43)41-26-31-46-47-32-25-40-12-5-7-15-45(40)50(47)52-49(46)33-41/h1-33H. The zero-order chi connectivity index (χ0) is 34.4.